The predicted molar refractivity (Wildman–Crippen MR) is 151 cm³/mol. The van der Waals surface area contributed by atoms with Crippen molar-refractivity contribution in [1.82, 2.24) is 15.0 Å². The summed E-state index contributed by atoms with van der Waals surface area (Å²) < 4.78 is 79.1. The summed E-state index contributed by atoms with van der Waals surface area (Å²) in [7, 11) is -6.08. The van der Waals surface area contributed by atoms with Crippen LogP contribution in [0.2, 0.25) is 0 Å². The summed E-state index contributed by atoms with van der Waals surface area (Å²) in [6.07, 6.45) is -1.94. The molecule has 0 radical (unpaired) electrons. The van der Waals surface area contributed by atoms with E-state index in [1.807, 2.05) is 0 Å². The van der Waals surface area contributed by atoms with Gasteiger partial charge < -0.3 is 15.5 Å². The molecule has 0 saturated carbocycles. The first kappa shape index (κ1) is 30.0. The van der Waals surface area contributed by atoms with Crippen molar-refractivity contribution in [3.63, 3.8) is 0 Å². The number of rotatable bonds is 10. The number of alkyl halides is 3. The van der Waals surface area contributed by atoms with Gasteiger partial charge in [-0.1, -0.05) is 36.4 Å². The molecule has 15 heteroatoms. The molecule has 3 N–H and O–H groups in total. The van der Waals surface area contributed by atoms with Crippen molar-refractivity contribution in [3.05, 3.63) is 95.8 Å². The fourth-order valence-corrected chi connectivity index (χ4v) is 5.84. The van der Waals surface area contributed by atoms with Gasteiger partial charge in [0.25, 0.3) is 0 Å². The number of hydrogen-bond acceptors (Lipinski definition) is 8. The maximum atomic E-state index is 13.8. The van der Waals surface area contributed by atoms with Crippen molar-refractivity contribution < 1.29 is 31.0 Å². The number of nitrogens with zero attached hydrogens (tertiary/aromatic N) is 4. The largest absolute Gasteiger partial charge is 0.421 e. The fourth-order valence-electron chi connectivity index (χ4n) is 3.85. The molecule has 0 aliphatic rings. The van der Waals surface area contributed by atoms with Crippen LogP contribution in [0.4, 0.5) is 36.4 Å². The summed E-state index contributed by atoms with van der Waals surface area (Å²) >= 11 is 0. The van der Waals surface area contributed by atoms with Gasteiger partial charge in [-0.15, -0.1) is 0 Å². The molecule has 0 aliphatic carbocycles. The maximum absolute atomic E-state index is 13.8. The zero-order chi connectivity index (χ0) is 29.8. The van der Waals surface area contributed by atoms with E-state index in [1.54, 1.807) is 54.6 Å². The molecule has 2 aromatic heterocycles. The predicted octanol–water partition coefficient (Wildman–Crippen LogP) is 4.74. The SMILES string of the molecule is CN(c1ncccc1CNc1nc(Nc2cccc(CP(=O)(O)c3ccccc3)c2)ncc1C(F)(F)F)S(C)(=O)=O. The van der Waals surface area contributed by atoms with E-state index in [1.165, 1.54) is 25.4 Å². The Hall–Kier alpha value is -4.00. The number of aromatic nitrogens is 3. The van der Waals surface area contributed by atoms with E-state index in [0.29, 0.717) is 28.3 Å². The highest BCUT2D eigenvalue weighted by Crippen LogP contribution is 2.43. The molecule has 41 heavy (non-hydrogen) atoms. The van der Waals surface area contributed by atoms with E-state index in [4.69, 9.17) is 0 Å². The molecule has 0 saturated heterocycles. The third-order valence-corrected chi connectivity index (χ3v) is 9.01. The highest BCUT2D eigenvalue weighted by molar-refractivity contribution is 7.92. The quantitative estimate of drug-likeness (QED) is 0.219. The molecular weight excluding hydrogens is 580 g/mol. The van der Waals surface area contributed by atoms with E-state index < -0.39 is 34.9 Å². The third-order valence-electron chi connectivity index (χ3n) is 5.94. The van der Waals surface area contributed by atoms with Crippen molar-refractivity contribution in [2.24, 2.45) is 0 Å². The number of hydrogen-bond donors (Lipinski definition) is 3. The van der Waals surface area contributed by atoms with Gasteiger partial charge in [0.05, 0.1) is 12.4 Å². The van der Waals surface area contributed by atoms with Crippen molar-refractivity contribution in [2.75, 3.05) is 28.2 Å². The minimum Gasteiger partial charge on any atom is -0.365 e. The number of benzene rings is 2. The molecule has 4 rings (SSSR count). The normalized spacial score (nSPS) is 13.3. The number of halogens is 3. The van der Waals surface area contributed by atoms with Crippen LogP contribution in [0.25, 0.3) is 0 Å². The summed E-state index contributed by atoms with van der Waals surface area (Å²) in [6, 6.07) is 17.8. The molecule has 2 aromatic carbocycles. The van der Waals surface area contributed by atoms with Crippen LogP contribution in [0.5, 0.6) is 0 Å². The lowest BCUT2D eigenvalue weighted by molar-refractivity contribution is -0.137. The Kier molecular flexibility index (Phi) is 8.66. The lowest BCUT2D eigenvalue weighted by atomic mass is 10.2. The molecular formula is C26H26F3N6O4PS. The molecule has 1 atom stereocenters. The summed E-state index contributed by atoms with van der Waals surface area (Å²) in [4.78, 5) is 22.4. The van der Waals surface area contributed by atoms with Gasteiger partial charge in [-0.2, -0.15) is 18.2 Å². The second-order valence-electron chi connectivity index (χ2n) is 9.04. The van der Waals surface area contributed by atoms with Crippen LogP contribution < -0.4 is 20.2 Å². The maximum Gasteiger partial charge on any atom is 0.421 e. The van der Waals surface area contributed by atoms with Gasteiger partial charge >= 0.3 is 6.18 Å². The van der Waals surface area contributed by atoms with E-state index in [-0.39, 0.29) is 24.5 Å². The summed E-state index contributed by atoms with van der Waals surface area (Å²) in [5.74, 6) is -0.642. The van der Waals surface area contributed by atoms with Crippen molar-refractivity contribution in [2.45, 2.75) is 18.9 Å². The number of pyridine rings is 1. The first-order valence-corrected chi connectivity index (χ1v) is 15.7. The van der Waals surface area contributed by atoms with Gasteiger partial charge in [-0.3, -0.25) is 8.87 Å². The average Bonchev–Trinajstić information content (AvgIpc) is 2.91. The van der Waals surface area contributed by atoms with Gasteiger partial charge in [-0.05, 0) is 35.9 Å². The van der Waals surface area contributed by atoms with Gasteiger partial charge in [0, 0.05) is 42.5 Å². The third kappa shape index (κ3) is 7.60. The van der Waals surface area contributed by atoms with Crippen LogP contribution in [0, 0.1) is 0 Å². The van der Waals surface area contributed by atoms with Gasteiger partial charge in [0.15, 0.2) is 0 Å². The molecule has 0 aliphatic heterocycles. The monoisotopic (exact) mass is 606 g/mol. The summed E-state index contributed by atoms with van der Waals surface area (Å²) in [5.41, 5.74) is 0.114. The van der Waals surface area contributed by atoms with Crippen LogP contribution in [0.3, 0.4) is 0 Å². The van der Waals surface area contributed by atoms with Crippen LogP contribution in [-0.4, -0.2) is 41.6 Å². The molecule has 0 fully saturated rings. The lowest BCUT2D eigenvalue weighted by Gasteiger charge is -2.20. The van der Waals surface area contributed by atoms with Crippen molar-refractivity contribution >= 4 is 46.0 Å². The Labute approximate surface area is 234 Å². The summed E-state index contributed by atoms with van der Waals surface area (Å²) in [5, 5.41) is 5.77. The van der Waals surface area contributed by atoms with Crippen LogP contribution >= 0.6 is 7.37 Å². The highest BCUT2D eigenvalue weighted by Gasteiger charge is 2.35. The Balaban J connectivity index is 1.58. The molecule has 4 aromatic rings. The Morgan fingerprint density at radius 2 is 1.76 bits per heavy atom. The fraction of sp³-hybridized carbons (Fsp3) is 0.192. The number of nitrogens with one attached hydrogen (secondary N) is 2. The molecule has 0 amide bonds. The Morgan fingerprint density at radius 3 is 2.44 bits per heavy atom. The molecule has 1 unspecified atom stereocenters. The van der Waals surface area contributed by atoms with E-state index in [0.717, 1.165) is 10.6 Å². The van der Waals surface area contributed by atoms with E-state index in [9.17, 15) is 31.0 Å². The van der Waals surface area contributed by atoms with Crippen LogP contribution in [0.1, 0.15) is 16.7 Å². The molecule has 2 heterocycles. The average molecular weight is 607 g/mol. The zero-order valence-corrected chi connectivity index (χ0v) is 23.6. The molecule has 216 valence electrons. The topological polar surface area (TPSA) is 137 Å². The van der Waals surface area contributed by atoms with Crippen LogP contribution in [0.15, 0.2) is 79.1 Å². The Morgan fingerprint density at radius 1 is 1.02 bits per heavy atom. The second kappa shape index (κ2) is 11.9. The van der Waals surface area contributed by atoms with Gasteiger partial charge in [-0.25, -0.2) is 18.4 Å². The van der Waals surface area contributed by atoms with Crippen molar-refractivity contribution in [3.8, 4) is 0 Å². The van der Waals surface area contributed by atoms with Gasteiger partial charge in [0.2, 0.25) is 23.3 Å². The van der Waals surface area contributed by atoms with Gasteiger partial charge in [0.1, 0.15) is 17.2 Å². The van der Waals surface area contributed by atoms with E-state index >= 15 is 0 Å². The molecule has 0 bridgehead atoms. The standard InChI is InChI=1S/C26H26F3N6O4PS/c1-35(41(2,38)39)24-19(9-7-13-30-24)15-31-23-22(26(27,28)29)16-32-25(34-23)33-20-10-6-8-18(14-20)17-40(36,37)21-11-4-3-5-12-21/h3-14,16H,15,17H2,1-2H3,(H,36,37)(H2,31,32,33,34). The van der Waals surface area contributed by atoms with Crippen molar-refractivity contribution in [1.29, 1.82) is 0 Å². The number of sulfonamides is 1. The molecule has 0 spiro atoms. The number of anilines is 4. The first-order valence-electron chi connectivity index (χ1n) is 12.0. The van der Waals surface area contributed by atoms with Crippen LogP contribution in [-0.2, 0) is 33.5 Å². The highest BCUT2D eigenvalue weighted by atomic mass is 32.2. The second-order valence-corrected chi connectivity index (χ2v) is 13.3. The molecule has 10 nitrogen and oxygen atoms in total. The van der Waals surface area contributed by atoms with E-state index in [2.05, 4.69) is 25.6 Å². The lowest BCUT2D eigenvalue weighted by Crippen LogP contribution is -2.27. The minimum atomic E-state index is -4.78. The first-order chi connectivity index (χ1) is 19.2. The zero-order valence-electron chi connectivity index (χ0n) is 21.9. The smallest absolute Gasteiger partial charge is 0.365 e. The Bertz CT molecular complexity index is 1690. The minimum absolute atomic E-state index is 0.0527. The summed E-state index contributed by atoms with van der Waals surface area (Å²) in [6.45, 7) is -0.219.